The lowest BCUT2D eigenvalue weighted by molar-refractivity contribution is -0.139. The zero-order chi connectivity index (χ0) is 29.1. The molecule has 41 heavy (non-hydrogen) atoms. The third-order valence-corrected chi connectivity index (χ3v) is 7.80. The molecule has 216 valence electrons. The zero-order valence-electron chi connectivity index (χ0n) is 22.2. The molecule has 0 atom stereocenters. The number of carbonyl (C=O) groups is 1. The number of fused-ring (bicyclic) bond motifs is 1. The Bertz CT molecular complexity index is 1460. The number of carbonyl (C=O) groups excluding carboxylic acids is 1. The van der Waals surface area contributed by atoms with Crippen molar-refractivity contribution in [3.63, 3.8) is 0 Å². The van der Waals surface area contributed by atoms with E-state index in [1.54, 1.807) is 23.1 Å². The van der Waals surface area contributed by atoms with Crippen molar-refractivity contribution in [3.8, 4) is 6.07 Å². The standard InChI is InChI=1S/C30H29F5N4O2/c31-21-3-9-25-19(15-21)2-10-27(29(25)32)38-11-13-39(14-12-38)28(40)18-41-24-7-5-22(6-8-24)37-23-4-1-20(17-36)26(16-23)30(33,34)35/h1-4,9-10,15-16,22,24,37H,5-8,11-14,18H2/t22-,24-. The fraction of sp³-hybridized carbons (Fsp3) is 0.400. The topological polar surface area (TPSA) is 68.6 Å². The van der Waals surface area contributed by atoms with Gasteiger partial charge in [-0.25, -0.2) is 8.78 Å². The van der Waals surface area contributed by atoms with Crippen LogP contribution in [0.2, 0.25) is 0 Å². The summed E-state index contributed by atoms with van der Waals surface area (Å²) in [6, 6.07) is 12.4. The molecule has 1 saturated heterocycles. The molecule has 1 amide bonds. The summed E-state index contributed by atoms with van der Waals surface area (Å²) in [5.74, 6) is -0.970. The molecule has 11 heteroatoms. The van der Waals surface area contributed by atoms with Gasteiger partial charge >= 0.3 is 6.18 Å². The second-order valence-electron chi connectivity index (χ2n) is 10.4. The second kappa shape index (κ2) is 11.9. The Balaban J connectivity index is 1.07. The summed E-state index contributed by atoms with van der Waals surface area (Å²) < 4.78 is 74.2. The van der Waals surface area contributed by atoms with E-state index in [1.165, 1.54) is 30.3 Å². The van der Waals surface area contributed by atoms with Crippen LogP contribution in [0.4, 0.5) is 33.3 Å². The summed E-state index contributed by atoms with van der Waals surface area (Å²) in [5.41, 5.74) is -0.633. The molecule has 2 fully saturated rings. The van der Waals surface area contributed by atoms with Gasteiger partial charge in [-0.05, 0) is 73.5 Å². The molecule has 1 aliphatic heterocycles. The highest BCUT2D eigenvalue weighted by atomic mass is 19.4. The lowest BCUT2D eigenvalue weighted by Gasteiger charge is -2.36. The normalized spacial score (nSPS) is 19.7. The Hall–Kier alpha value is -3.91. The van der Waals surface area contributed by atoms with Gasteiger partial charge in [0.25, 0.3) is 0 Å². The minimum Gasteiger partial charge on any atom is -0.382 e. The van der Waals surface area contributed by atoms with E-state index >= 15 is 4.39 Å². The van der Waals surface area contributed by atoms with Crippen molar-refractivity contribution in [2.45, 2.75) is 44.0 Å². The smallest absolute Gasteiger partial charge is 0.382 e. The number of piperazine rings is 1. The average Bonchev–Trinajstić information content (AvgIpc) is 2.96. The van der Waals surface area contributed by atoms with Crippen LogP contribution < -0.4 is 10.2 Å². The van der Waals surface area contributed by atoms with Crippen LogP contribution in [0.1, 0.15) is 36.8 Å². The molecule has 0 aromatic heterocycles. The zero-order valence-corrected chi connectivity index (χ0v) is 22.2. The summed E-state index contributed by atoms with van der Waals surface area (Å²) in [4.78, 5) is 16.3. The molecule has 3 aromatic rings. The molecular formula is C30H29F5N4O2. The van der Waals surface area contributed by atoms with E-state index in [0.29, 0.717) is 74.0 Å². The van der Waals surface area contributed by atoms with E-state index in [2.05, 4.69) is 5.32 Å². The molecular weight excluding hydrogens is 543 g/mol. The number of anilines is 2. The van der Waals surface area contributed by atoms with Crippen LogP contribution in [0.3, 0.4) is 0 Å². The van der Waals surface area contributed by atoms with Crippen LogP contribution >= 0.6 is 0 Å². The molecule has 1 heterocycles. The third-order valence-electron chi connectivity index (χ3n) is 7.80. The van der Waals surface area contributed by atoms with Crippen molar-refractivity contribution in [3.05, 3.63) is 71.3 Å². The number of ether oxygens (including phenoxy) is 1. The van der Waals surface area contributed by atoms with Gasteiger partial charge in [-0.1, -0.05) is 6.07 Å². The minimum absolute atomic E-state index is 0.0397. The summed E-state index contributed by atoms with van der Waals surface area (Å²) in [6.07, 6.45) is -2.08. The van der Waals surface area contributed by atoms with Gasteiger partial charge in [-0.2, -0.15) is 18.4 Å². The summed E-state index contributed by atoms with van der Waals surface area (Å²) in [5, 5.41) is 12.9. The Morgan fingerprint density at radius 1 is 0.976 bits per heavy atom. The lowest BCUT2D eigenvalue weighted by Crippen LogP contribution is -2.50. The third kappa shape index (κ3) is 6.54. The van der Waals surface area contributed by atoms with Gasteiger partial charge in [-0.3, -0.25) is 4.79 Å². The number of amides is 1. The van der Waals surface area contributed by atoms with Crippen LogP contribution in [0.25, 0.3) is 10.8 Å². The Labute approximate surface area is 234 Å². The SMILES string of the molecule is N#Cc1ccc(N[C@H]2CC[C@H](OCC(=O)N3CCN(c4ccc5cc(F)ccc5c4F)CC3)CC2)cc1C(F)(F)F. The van der Waals surface area contributed by atoms with Gasteiger partial charge in [0.2, 0.25) is 5.91 Å². The van der Waals surface area contributed by atoms with Gasteiger partial charge in [0, 0.05) is 43.3 Å². The first kappa shape index (κ1) is 28.6. The quantitative estimate of drug-likeness (QED) is 0.362. The predicted octanol–water partition coefficient (Wildman–Crippen LogP) is 6.10. The molecule has 5 rings (SSSR count). The van der Waals surface area contributed by atoms with Crippen LogP contribution in [0, 0.1) is 23.0 Å². The molecule has 0 bridgehead atoms. The second-order valence-corrected chi connectivity index (χ2v) is 10.4. The van der Waals surface area contributed by atoms with Crippen LogP contribution in [0.15, 0.2) is 48.5 Å². The number of hydrogen-bond acceptors (Lipinski definition) is 5. The van der Waals surface area contributed by atoms with Crippen molar-refractivity contribution >= 4 is 28.1 Å². The summed E-state index contributed by atoms with van der Waals surface area (Å²) in [7, 11) is 0. The van der Waals surface area contributed by atoms with E-state index in [0.717, 1.165) is 6.07 Å². The van der Waals surface area contributed by atoms with Crippen LogP contribution in [-0.4, -0.2) is 55.7 Å². The lowest BCUT2D eigenvalue weighted by atomic mass is 9.92. The molecule has 1 N–H and O–H groups in total. The van der Waals surface area contributed by atoms with Crippen molar-refractivity contribution in [1.82, 2.24) is 4.90 Å². The van der Waals surface area contributed by atoms with E-state index in [1.807, 2.05) is 4.90 Å². The van der Waals surface area contributed by atoms with Crippen LogP contribution in [0.5, 0.6) is 0 Å². The number of halogens is 5. The fourth-order valence-electron chi connectivity index (χ4n) is 5.55. The maximum absolute atomic E-state index is 15.1. The average molecular weight is 573 g/mol. The van der Waals surface area contributed by atoms with Crippen molar-refractivity contribution in [2.75, 3.05) is 43.0 Å². The molecule has 0 unspecified atom stereocenters. The highest BCUT2D eigenvalue weighted by Gasteiger charge is 2.34. The molecule has 0 spiro atoms. The monoisotopic (exact) mass is 572 g/mol. The minimum atomic E-state index is -4.61. The predicted molar refractivity (Wildman–Crippen MR) is 144 cm³/mol. The number of rotatable bonds is 6. The van der Waals surface area contributed by atoms with Gasteiger partial charge in [0.1, 0.15) is 12.4 Å². The Morgan fingerprint density at radius 3 is 2.39 bits per heavy atom. The number of nitriles is 1. The van der Waals surface area contributed by atoms with Gasteiger partial charge < -0.3 is 19.9 Å². The highest BCUT2D eigenvalue weighted by Crippen LogP contribution is 2.34. The molecule has 1 aliphatic carbocycles. The molecule has 6 nitrogen and oxygen atoms in total. The molecule has 2 aliphatic rings. The fourth-order valence-corrected chi connectivity index (χ4v) is 5.55. The Morgan fingerprint density at radius 2 is 1.71 bits per heavy atom. The van der Waals surface area contributed by atoms with Gasteiger partial charge in [0.05, 0.1) is 29.0 Å². The highest BCUT2D eigenvalue weighted by molar-refractivity contribution is 5.87. The maximum atomic E-state index is 15.1. The van der Waals surface area contributed by atoms with Gasteiger partial charge in [0.15, 0.2) is 5.82 Å². The summed E-state index contributed by atoms with van der Waals surface area (Å²) >= 11 is 0. The van der Waals surface area contributed by atoms with E-state index in [-0.39, 0.29) is 24.7 Å². The van der Waals surface area contributed by atoms with Crippen molar-refractivity contribution in [2.24, 2.45) is 0 Å². The number of nitrogens with one attached hydrogen (secondary N) is 1. The van der Waals surface area contributed by atoms with Crippen LogP contribution in [-0.2, 0) is 15.7 Å². The first-order chi connectivity index (χ1) is 19.6. The molecule has 3 aromatic carbocycles. The first-order valence-corrected chi connectivity index (χ1v) is 13.5. The number of benzene rings is 3. The van der Waals surface area contributed by atoms with Crippen molar-refractivity contribution < 1.29 is 31.5 Å². The van der Waals surface area contributed by atoms with E-state index in [4.69, 9.17) is 10.00 Å². The number of hydrogen-bond donors (Lipinski definition) is 1. The first-order valence-electron chi connectivity index (χ1n) is 13.5. The van der Waals surface area contributed by atoms with Crippen molar-refractivity contribution in [1.29, 1.82) is 5.26 Å². The summed E-state index contributed by atoms with van der Waals surface area (Å²) in [6.45, 7) is 1.69. The maximum Gasteiger partial charge on any atom is 0.417 e. The van der Waals surface area contributed by atoms with Gasteiger partial charge in [-0.15, -0.1) is 0 Å². The Kier molecular flexibility index (Phi) is 8.31. The number of nitrogens with zero attached hydrogens (tertiary/aromatic N) is 3. The number of alkyl halides is 3. The van der Waals surface area contributed by atoms with E-state index in [9.17, 15) is 22.4 Å². The molecule has 1 saturated carbocycles. The largest absolute Gasteiger partial charge is 0.417 e. The molecule has 0 radical (unpaired) electrons. The van der Waals surface area contributed by atoms with E-state index < -0.39 is 28.9 Å².